The van der Waals surface area contributed by atoms with E-state index in [4.69, 9.17) is 10.5 Å². The molecule has 1 aromatic carbocycles. The number of nitrogens with two attached hydrogens (primary N) is 1. The summed E-state index contributed by atoms with van der Waals surface area (Å²) < 4.78 is 5.64. The number of likely N-dealkylation sites (tertiary alicyclic amines) is 1. The third kappa shape index (κ3) is 6.76. The maximum absolute atomic E-state index is 13.4. The Balaban J connectivity index is 1.86. The van der Waals surface area contributed by atoms with Gasteiger partial charge in [0.25, 0.3) is 0 Å². The van der Waals surface area contributed by atoms with Crippen LogP contribution in [-0.2, 0) is 20.8 Å². The summed E-state index contributed by atoms with van der Waals surface area (Å²) in [5.41, 5.74) is 7.77. The van der Waals surface area contributed by atoms with E-state index in [-0.39, 0.29) is 30.3 Å². The Hall–Kier alpha value is -2.65. The van der Waals surface area contributed by atoms with Crippen molar-refractivity contribution < 1.29 is 24.2 Å². The number of carboxylic acid groups (broad SMARTS) is 1. The predicted molar refractivity (Wildman–Crippen MR) is 138 cm³/mol. The number of aliphatic carboxylic acids is 1. The Morgan fingerprint density at radius 3 is 2.61 bits per heavy atom. The normalized spacial score (nSPS) is 21.2. The lowest BCUT2D eigenvalue weighted by atomic mass is 9.83. The van der Waals surface area contributed by atoms with Gasteiger partial charge in [0, 0.05) is 58.5 Å². The summed E-state index contributed by atoms with van der Waals surface area (Å²) in [6.07, 6.45) is 3.95. The van der Waals surface area contributed by atoms with Crippen LogP contribution in [0.4, 0.5) is 0 Å². The third-order valence-corrected chi connectivity index (χ3v) is 7.58. The molecule has 200 valence electrons. The Labute approximate surface area is 214 Å². The summed E-state index contributed by atoms with van der Waals surface area (Å²) in [4.78, 5) is 43.3. The summed E-state index contributed by atoms with van der Waals surface area (Å²) in [6, 6.07) is 5.61. The van der Waals surface area contributed by atoms with Gasteiger partial charge in [0.15, 0.2) is 0 Å². The van der Waals surface area contributed by atoms with Crippen LogP contribution < -0.4 is 10.5 Å². The Morgan fingerprint density at radius 2 is 1.94 bits per heavy atom. The fourth-order valence-corrected chi connectivity index (χ4v) is 5.38. The minimum atomic E-state index is -0.867. The molecule has 0 saturated carbocycles. The standard InChI is InChI=1S/C27H42N4O5/c1-4-5-12-30(13-6-11-28)25(33)18-31-17-22(20-7-8-24-21(16-20)10-15-36-24)26(27(34)35)23(31)9-14-29(3)19(2)32/h7-8,16,22-23,26H,4-6,9-15,17-18,28H2,1-3H3,(H,34,35)/t22-,23+,26-/m1/s1. The van der Waals surface area contributed by atoms with Crippen LogP contribution in [0.5, 0.6) is 5.75 Å². The van der Waals surface area contributed by atoms with Crippen molar-refractivity contribution in [1.29, 1.82) is 0 Å². The highest BCUT2D eigenvalue weighted by molar-refractivity contribution is 5.79. The lowest BCUT2D eigenvalue weighted by Gasteiger charge is -2.30. The zero-order valence-electron chi connectivity index (χ0n) is 21.9. The van der Waals surface area contributed by atoms with Gasteiger partial charge in [-0.05, 0) is 43.0 Å². The molecule has 9 heteroatoms. The maximum atomic E-state index is 13.4. The van der Waals surface area contributed by atoms with Gasteiger partial charge >= 0.3 is 5.97 Å². The van der Waals surface area contributed by atoms with E-state index >= 15 is 0 Å². The first-order valence-electron chi connectivity index (χ1n) is 13.2. The number of hydrogen-bond acceptors (Lipinski definition) is 6. The van der Waals surface area contributed by atoms with E-state index in [1.807, 2.05) is 21.9 Å². The van der Waals surface area contributed by atoms with Gasteiger partial charge in [0.1, 0.15) is 5.75 Å². The number of amides is 2. The average Bonchev–Trinajstić information content (AvgIpc) is 3.46. The van der Waals surface area contributed by atoms with E-state index in [9.17, 15) is 19.5 Å². The van der Waals surface area contributed by atoms with E-state index in [0.29, 0.717) is 45.8 Å². The number of rotatable bonds is 13. The number of carboxylic acids is 1. The fourth-order valence-electron chi connectivity index (χ4n) is 5.38. The van der Waals surface area contributed by atoms with Gasteiger partial charge in [0.2, 0.25) is 11.8 Å². The highest BCUT2D eigenvalue weighted by Gasteiger charge is 2.47. The van der Waals surface area contributed by atoms with E-state index in [1.165, 1.54) is 6.92 Å². The van der Waals surface area contributed by atoms with Crippen molar-refractivity contribution in [3.63, 3.8) is 0 Å². The van der Waals surface area contributed by atoms with Crippen molar-refractivity contribution in [3.05, 3.63) is 29.3 Å². The molecule has 2 aliphatic heterocycles. The monoisotopic (exact) mass is 502 g/mol. The minimum Gasteiger partial charge on any atom is -0.493 e. The first kappa shape index (κ1) is 27.9. The Kier molecular flexibility index (Phi) is 10.1. The van der Waals surface area contributed by atoms with Gasteiger partial charge in [-0.2, -0.15) is 0 Å². The molecule has 2 amide bonds. The van der Waals surface area contributed by atoms with E-state index in [0.717, 1.165) is 42.6 Å². The van der Waals surface area contributed by atoms with E-state index in [2.05, 4.69) is 13.0 Å². The number of hydrogen-bond donors (Lipinski definition) is 2. The van der Waals surface area contributed by atoms with Gasteiger partial charge in [-0.25, -0.2) is 0 Å². The summed E-state index contributed by atoms with van der Waals surface area (Å²) in [5, 5.41) is 10.3. The SMILES string of the molecule is CCCCN(CCCN)C(=O)CN1C[C@H](c2ccc3c(c2)CCO3)[C@@H](C(=O)O)[C@@H]1CCN(C)C(C)=O. The topological polar surface area (TPSA) is 116 Å². The number of fused-ring (bicyclic) bond motifs is 1. The number of ether oxygens (including phenoxy) is 1. The number of benzene rings is 1. The van der Waals surface area contributed by atoms with Gasteiger partial charge in [-0.3, -0.25) is 19.3 Å². The molecule has 3 N–H and O–H groups in total. The molecule has 1 aromatic rings. The second kappa shape index (κ2) is 13.1. The molecule has 0 radical (unpaired) electrons. The highest BCUT2D eigenvalue weighted by Crippen LogP contribution is 2.41. The fraction of sp³-hybridized carbons (Fsp3) is 0.667. The Morgan fingerprint density at radius 1 is 1.19 bits per heavy atom. The first-order chi connectivity index (χ1) is 17.3. The molecule has 1 saturated heterocycles. The van der Waals surface area contributed by atoms with Crippen LogP contribution in [0, 0.1) is 5.92 Å². The molecule has 0 spiro atoms. The molecule has 3 atom stereocenters. The smallest absolute Gasteiger partial charge is 0.308 e. The third-order valence-electron chi connectivity index (χ3n) is 7.58. The van der Waals surface area contributed by atoms with Crippen molar-refractivity contribution in [3.8, 4) is 5.75 Å². The van der Waals surface area contributed by atoms with E-state index in [1.54, 1.807) is 11.9 Å². The molecule has 1 fully saturated rings. The van der Waals surface area contributed by atoms with Crippen molar-refractivity contribution in [2.24, 2.45) is 11.7 Å². The number of nitrogens with zero attached hydrogens (tertiary/aromatic N) is 3. The summed E-state index contributed by atoms with van der Waals surface area (Å²) >= 11 is 0. The summed E-state index contributed by atoms with van der Waals surface area (Å²) in [7, 11) is 1.72. The molecule has 2 heterocycles. The molecule has 0 aliphatic carbocycles. The molecule has 0 aromatic heterocycles. The molecule has 3 rings (SSSR count). The predicted octanol–water partition coefficient (Wildman–Crippen LogP) is 1.94. The molecule has 2 aliphatic rings. The quantitative estimate of drug-likeness (QED) is 0.423. The average molecular weight is 503 g/mol. The summed E-state index contributed by atoms with van der Waals surface area (Å²) in [5.74, 6) is -0.984. The van der Waals surface area contributed by atoms with Crippen LogP contribution in [0.2, 0.25) is 0 Å². The molecular weight excluding hydrogens is 460 g/mol. The second-order valence-corrected chi connectivity index (χ2v) is 10.0. The van der Waals surface area contributed by atoms with Crippen LogP contribution in [0.15, 0.2) is 18.2 Å². The zero-order chi connectivity index (χ0) is 26.2. The van der Waals surface area contributed by atoms with Crippen molar-refractivity contribution >= 4 is 17.8 Å². The zero-order valence-corrected chi connectivity index (χ0v) is 21.9. The van der Waals surface area contributed by atoms with E-state index < -0.39 is 11.9 Å². The molecule has 9 nitrogen and oxygen atoms in total. The number of carbonyl (C=O) groups excluding carboxylic acids is 2. The van der Waals surface area contributed by atoms with Crippen LogP contribution in [0.25, 0.3) is 0 Å². The van der Waals surface area contributed by atoms with Crippen molar-refractivity contribution in [1.82, 2.24) is 14.7 Å². The minimum absolute atomic E-state index is 0.00830. The number of unbranched alkanes of at least 4 members (excludes halogenated alkanes) is 1. The maximum Gasteiger partial charge on any atom is 0.308 e. The van der Waals surface area contributed by atoms with Gasteiger partial charge < -0.3 is 25.4 Å². The lowest BCUT2D eigenvalue weighted by molar-refractivity contribution is -0.144. The van der Waals surface area contributed by atoms with Crippen LogP contribution in [0.3, 0.4) is 0 Å². The first-order valence-corrected chi connectivity index (χ1v) is 13.2. The van der Waals surface area contributed by atoms with Crippen molar-refractivity contribution in [2.45, 2.75) is 57.9 Å². The van der Waals surface area contributed by atoms with Crippen LogP contribution >= 0.6 is 0 Å². The Bertz CT molecular complexity index is 915. The van der Waals surface area contributed by atoms with Crippen LogP contribution in [-0.4, -0.2) is 96.6 Å². The largest absolute Gasteiger partial charge is 0.493 e. The molecule has 36 heavy (non-hydrogen) atoms. The summed E-state index contributed by atoms with van der Waals surface area (Å²) in [6.45, 7) is 7.13. The second-order valence-electron chi connectivity index (χ2n) is 10.0. The molecular formula is C27H42N4O5. The van der Waals surface area contributed by atoms with Gasteiger partial charge in [0.05, 0.1) is 19.1 Å². The van der Waals surface area contributed by atoms with Gasteiger partial charge in [-0.1, -0.05) is 25.5 Å². The van der Waals surface area contributed by atoms with Crippen molar-refractivity contribution in [2.75, 3.05) is 52.9 Å². The van der Waals surface area contributed by atoms with Gasteiger partial charge in [-0.15, -0.1) is 0 Å². The molecule has 0 bridgehead atoms. The molecule has 0 unspecified atom stereocenters. The number of carbonyl (C=O) groups is 3. The lowest BCUT2D eigenvalue weighted by Crippen LogP contribution is -2.46. The van der Waals surface area contributed by atoms with Crippen LogP contribution in [0.1, 0.15) is 56.6 Å². The highest BCUT2D eigenvalue weighted by atomic mass is 16.5.